The van der Waals surface area contributed by atoms with Crippen LogP contribution in [0.3, 0.4) is 0 Å². The Morgan fingerprint density at radius 1 is 1.50 bits per heavy atom. The van der Waals surface area contributed by atoms with Crippen molar-refractivity contribution in [1.29, 1.82) is 0 Å². The predicted octanol–water partition coefficient (Wildman–Crippen LogP) is 3.18. The second-order valence-electron chi connectivity index (χ2n) is 1.97. The molecular formula is C6H12BrCl. The molecule has 2 heteroatoms. The fourth-order valence-corrected chi connectivity index (χ4v) is 1.07. The third-order valence-corrected chi connectivity index (χ3v) is 1.76. The highest BCUT2D eigenvalue weighted by Crippen LogP contribution is 2.06. The molecule has 0 radical (unpaired) electrons. The number of hydrogen-bond donors (Lipinski definition) is 0. The summed E-state index contributed by atoms with van der Waals surface area (Å²) in [5, 5.41) is 1.46. The first-order valence-corrected chi connectivity index (χ1v) is 4.53. The Morgan fingerprint density at radius 3 is 2.50 bits per heavy atom. The van der Waals surface area contributed by atoms with Crippen LogP contribution in [-0.2, 0) is 0 Å². The van der Waals surface area contributed by atoms with Crippen molar-refractivity contribution >= 4 is 27.5 Å². The van der Waals surface area contributed by atoms with Crippen molar-refractivity contribution in [2.75, 3.05) is 5.33 Å². The molecule has 0 aromatic rings. The lowest BCUT2D eigenvalue weighted by Gasteiger charge is -1.98. The second kappa shape index (κ2) is 5.90. The molecule has 0 bridgehead atoms. The van der Waals surface area contributed by atoms with Crippen molar-refractivity contribution in [1.82, 2.24) is 0 Å². The van der Waals surface area contributed by atoms with E-state index in [2.05, 4.69) is 15.9 Å². The highest BCUT2D eigenvalue weighted by atomic mass is 79.9. The fourth-order valence-electron chi connectivity index (χ4n) is 0.520. The van der Waals surface area contributed by atoms with E-state index < -0.39 is 0 Å². The summed E-state index contributed by atoms with van der Waals surface area (Å²) in [5.41, 5.74) is 0. The maximum atomic E-state index is 5.70. The third kappa shape index (κ3) is 6.77. The average Bonchev–Trinajstić information content (AvgIpc) is 1.66. The van der Waals surface area contributed by atoms with E-state index in [9.17, 15) is 0 Å². The van der Waals surface area contributed by atoms with Crippen molar-refractivity contribution in [2.45, 2.75) is 31.6 Å². The number of unbranched alkanes of at least 4 members (excludes halogenated alkanes) is 1. The van der Waals surface area contributed by atoms with Crippen molar-refractivity contribution in [3.63, 3.8) is 0 Å². The molecule has 0 N–H and O–H groups in total. The molecule has 0 nitrogen and oxygen atoms in total. The molecule has 0 heterocycles. The van der Waals surface area contributed by atoms with Crippen molar-refractivity contribution in [3.05, 3.63) is 0 Å². The van der Waals surface area contributed by atoms with Crippen LogP contribution < -0.4 is 0 Å². The Balaban J connectivity index is 2.72. The minimum Gasteiger partial charge on any atom is -0.123 e. The predicted molar refractivity (Wildman–Crippen MR) is 43.0 cm³/mol. The molecule has 0 fully saturated rings. The molecule has 1 unspecified atom stereocenters. The van der Waals surface area contributed by atoms with Crippen LogP contribution >= 0.6 is 27.5 Å². The summed E-state index contributed by atoms with van der Waals surface area (Å²) in [6.45, 7) is 2.04. The standard InChI is InChI=1S/C6H12BrCl/c1-6(8)4-2-3-5-7/h6H,2-5H2,1H3. The first kappa shape index (κ1) is 8.77. The van der Waals surface area contributed by atoms with Gasteiger partial charge >= 0.3 is 0 Å². The number of hydrogen-bond acceptors (Lipinski definition) is 0. The molecule has 0 aliphatic rings. The van der Waals surface area contributed by atoms with Crippen molar-refractivity contribution < 1.29 is 0 Å². The summed E-state index contributed by atoms with van der Waals surface area (Å²) in [5.74, 6) is 0. The lowest BCUT2D eigenvalue weighted by atomic mass is 10.2. The van der Waals surface area contributed by atoms with Crippen LogP contribution in [0.5, 0.6) is 0 Å². The van der Waals surface area contributed by atoms with E-state index in [0.717, 1.165) is 11.8 Å². The van der Waals surface area contributed by atoms with Crippen LogP contribution in [0.4, 0.5) is 0 Å². The van der Waals surface area contributed by atoms with Crippen LogP contribution in [0, 0.1) is 0 Å². The van der Waals surface area contributed by atoms with Crippen molar-refractivity contribution in [2.24, 2.45) is 0 Å². The van der Waals surface area contributed by atoms with Gasteiger partial charge in [-0.3, -0.25) is 0 Å². The van der Waals surface area contributed by atoms with Gasteiger partial charge in [-0.1, -0.05) is 22.4 Å². The molecule has 0 saturated heterocycles. The monoisotopic (exact) mass is 198 g/mol. The molecule has 0 amide bonds. The van der Waals surface area contributed by atoms with E-state index in [1.807, 2.05) is 6.92 Å². The van der Waals surface area contributed by atoms with Crippen molar-refractivity contribution in [3.8, 4) is 0 Å². The average molecular weight is 200 g/mol. The SMILES string of the molecule is CC(Cl)CCCCBr. The van der Waals surface area contributed by atoms with Gasteiger partial charge in [-0.2, -0.15) is 0 Å². The van der Waals surface area contributed by atoms with E-state index in [1.165, 1.54) is 12.8 Å². The van der Waals surface area contributed by atoms with E-state index in [1.54, 1.807) is 0 Å². The lowest BCUT2D eigenvalue weighted by Crippen LogP contribution is -1.89. The largest absolute Gasteiger partial charge is 0.123 e. The lowest BCUT2D eigenvalue weighted by molar-refractivity contribution is 0.714. The van der Waals surface area contributed by atoms with Gasteiger partial charge in [0.25, 0.3) is 0 Å². The summed E-state index contributed by atoms with van der Waals surface area (Å²) < 4.78 is 0. The molecule has 0 spiro atoms. The Morgan fingerprint density at radius 2 is 2.12 bits per heavy atom. The number of rotatable bonds is 4. The molecule has 50 valence electrons. The summed E-state index contributed by atoms with van der Waals surface area (Å²) in [6.07, 6.45) is 3.64. The fraction of sp³-hybridized carbons (Fsp3) is 1.00. The maximum Gasteiger partial charge on any atom is 0.0307 e. The molecule has 0 rings (SSSR count). The first-order valence-electron chi connectivity index (χ1n) is 2.97. The zero-order valence-corrected chi connectivity index (χ0v) is 7.50. The zero-order valence-electron chi connectivity index (χ0n) is 5.16. The van der Waals surface area contributed by atoms with Crippen LogP contribution in [0.1, 0.15) is 26.2 Å². The summed E-state index contributed by atoms with van der Waals surface area (Å²) in [6, 6.07) is 0. The summed E-state index contributed by atoms with van der Waals surface area (Å²) in [4.78, 5) is 0. The number of alkyl halides is 2. The highest BCUT2D eigenvalue weighted by Gasteiger charge is 1.93. The van der Waals surface area contributed by atoms with Gasteiger partial charge < -0.3 is 0 Å². The Bertz CT molecular complexity index is 45.8. The molecule has 0 aliphatic carbocycles. The summed E-state index contributed by atoms with van der Waals surface area (Å²) >= 11 is 9.05. The Hall–Kier alpha value is 0.770. The maximum absolute atomic E-state index is 5.70. The number of halogens is 2. The van der Waals surface area contributed by atoms with E-state index in [0.29, 0.717) is 5.38 Å². The van der Waals surface area contributed by atoms with Gasteiger partial charge in [-0.15, -0.1) is 11.6 Å². The Kier molecular flexibility index (Phi) is 6.47. The van der Waals surface area contributed by atoms with Gasteiger partial charge in [0.15, 0.2) is 0 Å². The van der Waals surface area contributed by atoms with Crippen LogP contribution in [0.2, 0.25) is 0 Å². The van der Waals surface area contributed by atoms with Crippen LogP contribution in [0.25, 0.3) is 0 Å². The topological polar surface area (TPSA) is 0 Å². The van der Waals surface area contributed by atoms with Gasteiger partial charge in [-0.05, 0) is 19.8 Å². The van der Waals surface area contributed by atoms with E-state index >= 15 is 0 Å². The molecule has 1 atom stereocenters. The normalized spacial score (nSPS) is 13.9. The quantitative estimate of drug-likeness (QED) is 0.482. The molecule has 0 aliphatic heterocycles. The minimum absolute atomic E-state index is 0.356. The third-order valence-electron chi connectivity index (χ3n) is 0.986. The smallest absolute Gasteiger partial charge is 0.0307 e. The summed E-state index contributed by atoms with van der Waals surface area (Å²) in [7, 11) is 0. The van der Waals surface area contributed by atoms with Gasteiger partial charge in [0, 0.05) is 10.7 Å². The van der Waals surface area contributed by atoms with Gasteiger partial charge in [0.2, 0.25) is 0 Å². The molecule has 0 aromatic carbocycles. The molecule has 0 saturated carbocycles. The highest BCUT2D eigenvalue weighted by molar-refractivity contribution is 9.09. The van der Waals surface area contributed by atoms with E-state index in [4.69, 9.17) is 11.6 Å². The molecule has 8 heavy (non-hydrogen) atoms. The Labute approximate surface area is 64.7 Å². The van der Waals surface area contributed by atoms with Gasteiger partial charge in [0.05, 0.1) is 0 Å². The second-order valence-corrected chi connectivity index (χ2v) is 3.50. The minimum atomic E-state index is 0.356. The van der Waals surface area contributed by atoms with E-state index in [-0.39, 0.29) is 0 Å². The molecular weight excluding hydrogens is 187 g/mol. The van der Waals surface area contributed by atoms with Crippen LogP contribution in [-0.4, -0.2) is 10.7 Å². The van der Waals surface area contributed by atoms with Crippen LogP contribution in [0.15, 0.2) is 0 Å². The molecule has 0 aromatic heterocycles. The van der Waals surface area contributed by atoms with Gasteiger partial charge in [0.1, 0.15) is 0 Å². The zero-order chi connectivity index (χ0) is 6.41. The first-order chi connectivity index (χ1) is 3.77. The van der Waals surface area contributed by atoms with Gasteiger partial charge in [-0.25, -0.2) is 0 Å².